The van der Waals surface area contributed by atoms with E-state index in [2.05, 4.69) is 23.6 Å². The van der Waals surface area contributed by atoms with Gasteiger partial charge in [-0.1, -0.05) is 6.07 Å². The van der Waals surface area contributed by atoms with E-state index >= 15 is 0 Å². The molecule has 4 rings (SSSR count). The molecule has 42 heavy (non-hydrogen) atoms. The number of halogens is 6. The molecule has 2 aliphatic heterocycles. The minimum Gasteiger partial charge on any atom is -0.497 e. The molecule has 0 aliphatic carbocycles. The molecule has 0 saturated carbocycles. The van der Waals surface area contributed by atoms with E-state index in [0.717, 1.165) is 43.9 Å². The van der Waals surface area contributed by atoms with E-state index in [1.807, 2.05) is 0 Å². The summed E-state index contributed by atoms with van der Waals surface area (Å²) in [5.41, 5.74) is -0.263. The second kappa shape index (κ2) is 15.4. The zero-order valence-corrected chi connectivity index (χ0v) is 25.8. The third-order valence-electron chi connectivity index (χ3n) is 7.46. The first kappa shape index (κ1) is 35.9. The Morgan fingerprint density at radius 3 is 2.21 bits per heavy atom. The molecular weight excluding hydrogens is 601 g/mol. The number of alkyl halides is 3. The van der Waals surface area contributed by atoms with Gasteiger partial charge < -0.3 is 19.1 Å². The van der Waals surface area contributed by atoms with Crippen molar-refractivity contribution in [3.63, 3.8) is 0 Å². The van der Waals surface area contributed by atoms with Crippen LogP contribution in [0, 0.1) is 5.82 Å². The fraction of sp³-hybridized carbons (Fsp3) is 0.552. The predicted octanol–water partition coefficient (Wildman–Crippen LogP) is 5.18. The van der Waals surface area contributed by atoms with Crippen LogP contribution in [-0.4, -0.2) is 98.9 Å². The van der Waals surface area contributed by atoms with E-state index in [0.29, 0.717) is 26.1 Å². The van der Waals surface area contributed by atoms with Gasteiger partial charge in [-0.25, -0.2) is 4.39 Å². The van der Waals surface area contributed by atoms with Gasteiger partial charge in [0.1, 0.15) is 5.75 Å². The Morgan fingerprint density at radius 2 is 1.60 bits per heavy atom. The van der Waals surface area contributed by atoms with Crippen molar-refractivity contribution in [1.82, 2.24) is 14.7 Å². The van der Waals surface area contributed by atoms with E-state index in [1.165, 1.54) is 26.4 Å². The number of nitrogens with zero attached hydrogens (tertiary/aromatic N) is 3. The number of methoxy groups -OCH3 is 2. The Bertz CT molecular complexity index is 1180. The predicted molar refractivity (Wildman–Crippen MR) is 157 cm³/mol. The van der Waals surface area contributed by atoms with Crippen molar-refractivity contribution in [3.8, 4) is 11.5 Å². The van der Waals surface area contributed by atoms with Crippen molar-refractivity contribution in [2.45, 2.75) is 44.7 Å². The van der Waals surface area contributed by atoms with Crippen LogP contribution in [0.4, 0.5) is 17.6 Å². The summed E-state index contributed by atoms with van der Waals surface area (Å²) in [7, 11) is 2.65. The van der Waals surface area contributed by atoms with Crippen LogP contribution in [0.25, 0.3) is 0 Å². The van der Waals surface area contributed by atoms with Crippen LogP contribution >= 0.6 is 24.8 Å². The molecule has 0 spiro atoms. The molecule has 2 fully saturated rings. The molecular formula is C29H39Cl2F4N3O4. The Kier molecular flexibility index (Phi) is 13.2. The summed E-state index contributed by atoms with van der Waals surface area (Å²) < 4.78 is 70.8. The molecule has 3 atom stereocenters. The summed E-state index contributed by atoms with van der Waals surface area (Å²) in [6, 6.07) is 7.30. The number of hydrogen-bond acceptors (Lipinski definition) is 6. The summed E-state index contributed by atoms with van der Waals surface area (Å²) >= 11 is 0. The zero-order valence-electron chi connectivity index (χ0n) is 24.2. The van der Waals surface area contributed by atoms with Gasteiger partial charge >= 0.3 is 6.18 Å². The Hall–Kier alpha value is -2.31. The molecule has 0 radical (unpaired) electrons. The van der Waals surface area contributed by atoms with Gasteiger partial charge in [0.05, 0.1) is 32.0 Å². The van der Waals surface area contributed by atoms with Crippen molar-refractivity contribution in [1.29, 1.82) is 0 Å². The van der Waals surface area contributed by atoms with Crippen molar-refractivity contribution in [3.05, 3.63) is 58.9 Å². The van der Waals surface area contributed by atoms with E-state index in [4.69, 9.17) is 14.2 Å². The van der Waals surface area contributed by atoms with Crippen LogP contribution < -0.4 is 9.47 Å². The maximum absolute atomic E-state index is 14.1. The van der Waals surface area contributed by atoms with Crippen LogP contribution in [0.5, 0.6) is 11.5 Å². The van der Waals surface area contributed by atoms with Crippen molar-refractivity contribution < 1.29 is 36.6 Å². The van der Waals surface area contributed by atoms with Crippen molar-refractivity contribution in [2.75, 3.05) is 60.0 Å². The number of benzene rings is 2. The number of ether oxygens (including phenoxy) is 3. The molecule has 0 bridgehead atoms. The maximum Gasteiger partial charge on any atom is 0.416 e. The van der Waals surface area contributed by atoms with Crippen LogP contribution in [-0.2, 0) is 17.3 Å². The Labute approximate surface area is 256 Å². The molecule has 0 aromatic heterocycles. The van der Waals surface area contributed by atoms with Gasteiger partial charge in [-0.3, -0.25) is 14.6 Å². The number of rotatable bonds is 8. The fourth-order valence-corrected chi connectivity index (χ4v) is 5.59. The highest BCUT2D eigenvalue weighted by Gasteiger charge is 2.35. The molecule has 2 aromatic rings. The zero-order chi connectivity index (χ0) is 29.0. The summed E-state index contributed by atoms with van der Waals surface area (Å²) in [5.74, 6) is -0.930. The number of piperazine rings is 1. The van der Waals surface area contributed by atoms with Gasteiger partial charge in [-0.15, -0.1) is 24.8 Å². The topological polar surface area (TPSA) is 54.5 Å². The molecule has 1 amide bonds. The highest BCUT2D eigenvalue weighted by Crippen LogP contribution is 2.33. The average molecular weight is 641 g/mol. The third kappa shape index (κ3) is 9.09. The first-order valence-electron chi connectivity index (χ1n) is 13.5. The van der Waals surface area contributed by atoms with E-state index in [-0.39, 0.29) is 60.1 Å². The second-order valence-electron chi connectivity index (χ2n) is 10.6. The Morgan fingerprint density at radius 1 is 0.929 bits per heavy atom. The summed E-state index contributed by atoms with van der Waals surface area (Å²) in [5, 5.41) is 0. The lowest BCUT2D eigenvalue weighted by molar-refractivity contribution is -0.137. The van der Waals surface area contributed by atoms with Gasteiger partial charge in [-0.05, 0) is 56.2 Å². The first-order valence-corrected chi connectivity index (χ1v) is 13.5. The average Bonchev–Trinajstić information content (AvgIpc) is 2.91. The number of carbonyl (C=O) groups excluding carboxylic acids is 1. The molecule has 2 unspecified atom stereocenters. The summed E-state index contributed by atoms with van der Waals surface area (Å²) in [6.45, 7) is 8.88. The summed E-state index contributed by atoms with van der Waals surface area (Å²) in [6.07, 6.45) is -3.92. The fourth-order valence-electron chi connectivity index (χ4n) is 5.59. The lowest BCUT2D eigenvalue weighted by Gasteiger charge is -2.43. The highest BCUT2D eigenvalue weighted by atomic mass is 35.5. The number of morpholine rings is 1. The quantitative estimate of drug-likeness (QED) is 0.371. The van der Waals surface area contributed by atoms with Gasteiger partial charge in [0.25, 0.3) is 5.91 Å². The first-order chi connectivity index (χ1) is 19.0. The standard InChI is InChI=1S/C29H37F4N3O4.2ClH/c1-19-16-35(17-20(2)40-19)8-7-34-9-10-36(24(18-34)11-21-5-6-26(30)27(12-21)39-4)28(37)22-13-23(29(31,32)33)15-25(14-22)38-3;;/h5-6,12-15,19-20,24H,7-11,16-18H2,1-4H3;2*1H/t19?,20?,24-;;/m1../s1. The molecule has 236 valence electrons. The third-order valence-corrected chi connectivity index (χ3v) is 7.46. The maximum atomic E-state index is 14.1. The lowest BCUT2D eigenvalue weighted by atomic mass is 9.99. The van der Waals surface area contributed by atoms with Crippen molar-refractivity contribution >= 4 is 30.7 Å². The lowest BCUT2D eigenvalue weighted by Crippen LogP contribution is -2.57. The van der Waals surface area contributed by atoms with Gasteiger partial charge in [0, 0.05) is 57.4 Å². The van der Waals surface area contributed by atoms with Crippen LogP contribution in [0.2, 0.25) is 0 Å². The second-order valence-corrected chi connectivity index (χ2v) is 10.6. The minimum absolute atomic E-state index is 0. The molecule has 7 nitrogen and oxygen atoms in total. The van der Waals surface area contributed by atoms with E-state index < -0.39 is 23.5 Å². The molecule has 2 saturated heterocycles. The summed E-state index contributed by atoms with van der Waals surface area (Å²) in [4.78, 5) is 19.9. The van der Waals surface area contributed by atoms with E-state index in [1.54, 1.807) is 17.0 Å². The van der Waals surface area contributed by atoms with Gasteiger partial charge in [0.15, 0.2) is 11.6 Å². The van der Waals surface area contributed by atoms with Crippen LogP contribution in [0.1, 0.15) is 35.3 Å². The minimum atomic E-state index is -4.62. The number of amides is 1. The Balaban J connectivity index is 0.00000308. The normalized spacial score (nSPS) is 21.7. The highest BCUT2D eigenvalue weighted by molar-refractivity contribution is 5.95. The number of hydrogen-bond donors (Lipinski definition) is 0. The van der Waals surface area contributed by atoms with E-state index in [9.17, 15) is 22.4 Å². The molecule has 13 heteroatoms. The van der Waals surface area contributed by atoms with Crippen molar-refractivity contribution in [2.24, 2.45) is 0 Å². The molecule has 2 aliphatic rings. The smallest absolute Gasteiger partial charge is 0.416 e. The van der Waals surface area contributed by atoms with Crippen LogP contribution in [0.15, 0.2) is 36.4 Å². The molecule has 2 aromatic carbocycles. The van der Waals surface area contributed by atoms with Gasteiger partial charge in [0.2, 0.25) is 0 Å². The monoisotopic (exact) mass is 639 g/mol. The number of carbonyl (C=O) groups is 1. The largest absolute Gasteiger partial charge is 0.497 e. The SMILES string of the molecule is COc1cc(C(=O)N2CCN(CCN3CC(C)OC(C)C3)C[C@H]2Cc2ccc(F)c(OC)c2)cc(C(F)(F)F)c1.Cl.Cl. The molecule has 2 heterocycles. The van der Waals surface area contributed by atoms with Gasteiger partial charge in [-0.2, -0.15) is 13.2 Å². The van der Waals surface area contributed by atoms with Crippen LogP contribution in [0.3, 0.4) is 0 Å². The molecule has 0 N–H and O–H groups in total.